The van der Waals surface area contributed by atoms with Crippen LogP contribution in [0, 0.1) is 0 Å². The summed E-state index contributed by atoms with van der Waals surface area (Å²) in [6.45, 7) is 0.218. The van der Waals surface area contributed by atoms with Gasteiger partial charge in [0.05, 0.1) is 23.5 Å². The first-order valence-electron chi connectivity index (χ1n) is 11.6. The summed E-state index contributed by atoms with van der Waals surface area (Å²) in [5, 5.41) is 16.9. The summed E-state index contributed by atoms with van der Waals surface area (Å²) >= 11 is 0. The van der Waals surface area contributed by atoms with Crippen LogP contribution in [0.25, 0.3) is 10.9 Å². The second-order valence-electron chi connectivity index (χ2n) is 8.65. The largest absolute Gasteiger partial charge is 0.481 e. The van der Waals surface area contributed by atoms with Crippen LogP contribution in [0.2, 0.25) is 0 Å². The highest BCUT2D eigenvalue weighted by Crippen LogP contribution is 2.25. The van der Waals surface area contributed by atoms with Gasteiger partial charge >= 0.3 is 5.97 Å². The van der Waals surface area contributed by atoms with Crippen LogP contribution in [0.1, 0.15) is 42.5 Å². The number of hydrogen-bond donors (Lipinski definition) is 3. The second-order valence-corrected chi connectivity index (χ2v) is 8.65. The van der Waals surface area contributed by atoms with Gasteiger partial charge in [0.2, 0.25) is 11.8 Å². The second kappa shape index (κ2) is 10.5. The molecule has 1 aromatic heterocycles. The van der Waals surface area contributed by atoms with Crippen LogP contribution in [-0.4, -0.2) is 80.7 Å². The molecule has 0 saturated carbocycles. The van der Waals surface area contributed by atoms with Gasteiger partial charge in [0.15, 0.2) is 0 Å². The first-order chi connectivity index (χ1) is 17.3. The van der Waals surface area contributed by atoms with E-state index in [-0.39, 0.29) is 31.7 Å². The van der Waals surface area contributed by atoms with Crippen molar-refractivity contribution in [3.05, 3.63) is 42.1 Å². The highest BCUT2D eigenvalue weighted by atomic mass is 16.4. The topological polar surface area (TPSA) is 166 Å². The molecule has 0 radical (unpaired) electrons. The number of benzene rings is 1. The standard InChI is InChI=1S/C24H25N5O7/c30-13-14(12-21(32)33)26-23(35)19-6-3-11-28-20(31)8-7-18(24(36)29(19)28)27-22(34)16-9-10-25-17-5-2-1-4-15(16)17/h1-2,4-5,9-10,13-14,18-19H,3,6-8,11-12H2,(H,26,35)(H,27,34)(H,32,33)/t14-,18-,19-/m0/s1. The van der Waals surface area contributed by atoms with Crippen molar-refractivity contribution in [3.8, 4) is 0 Å². The molecule has 2 aromatic rings. The molecule has 3 heterocycles. The number of nitrogens with one attached hydrogen (secondary N) is 2. The van der Waals surface area contributed by atoms with Crippen molar-refractivity contribution in [1.82, 2.24) is 25.6 Å². The van der Waals surface area contributed by atoms with E-state index in [1.807, 2.05) is 0 Å². The third-order valence-electron chi connectivity index (χ3n) is 6.25. The number of aldehydes is 1. The van der Waals surface area contributed by atoms with Gasteiger partial charge in [-0.3, -0.25) is 34.0 Å². The van der Waals surface area contributed by atoms with Crippen LogP contribution >= 0.6 is 0 Å². The molecule has 0 spiro atoms. The first-order valence-corrected chi connectivity index (χ1v) is 11.6. The predicted octanol–water partition coefficient (Wildman–Crippen LogP) is 0.0200. The summed E-state index contributed by atoms with van der Waals surface area (Å²) < 4.78 is 0. The maximum Gasteiger partial charge on any atom is 0.305 e. The number of hydrogen-bond acceptors (Lipinski definition) is 7. The zero-order valence-corrected chi connectivity index (χ0v) is 19.3. The molecule has 0 aliphatic carbocycles. The number of aromatic nitrogens is 1. The lowest BCUT2D eigenvalue weighted by molar-refractivity contribution is -0.176. The highest BCUT2D eigenvalue weighted by molar-refractivity contribution is 6.07. The number of para-hydroxylation sites is 1. The van der Waals surface area contributed by atoms with Crippen LogP contribution in [-0.2, 0) is 24.0 Å². The van der Waals surface area contributed by atoms with Crippen LogP contribution < -0.4 is 10.6 Å². The maximum atomic E-state index is 13.6. The summed E-state index contributed by atoms with van der Waals surface area (Å²) in [6, 6.07) is 5.10. The number of rotatable bonds is 7. The van der Waals surface area contributed by atoms with E-state index in [0.29, 0.717) is 29.2 Å². The van der Waals surface area contributed by atoms with Crippen molar-refractivity contribution in [1.29, 1.82) is 0 Å². The van der Waals surface area contributed by atoms with Crippen molar-refractivity contribution in [2.24, 2.45) is 0 Å². The van der Waals surface area contributed by atoms with Gasteiger partial charge in [0.25, 0.3) is 11.8 Å². The fourth-order valence-corrected chi connectivity index (χ4v) is 4.54. The number of carbonyl (C=O) groups is 6. The fourth-order valence-electron chi connectivity index (χ4n) is 4.54. The van der Waals surface area contributed by atoms with E-state index in [2.05, 4.69) is 15.6 Å². The normalized spacial score (nSPS) is 20.8. The molecule has 0 unspecified atom stereocenters. The Morgan fingerprint density at radius 3 is 2.69 bits per heavy atom. The van der Waals surface area contributed by atoms with E-state index in [9.17, 15) is 28.8 Å². The van der Waals surface area contributed by atoms with Gasteiger partial charge in [-0.2, -0.15) is 0 Å². The Morgan fingerprint density at radius 1 is 1.17 bits per heavy atom. The number of amides is 4. The minimum absolute atomic E-state index is 0.0193. The first kappa shape index (κ1) is 24.8. The molecular weight excluding hydrogens is 470 g/mol. The van der Waals surface area contributed by atoms with E-state index in [1.54, 1.807) is 24.3 Å². The van der Waals surface area contributed by atoms with E-state index in [0.717, 1.165) is 5.01 Å². The lowest BCUT2D eigenvalue weighted by Gasteiger charge is -2.43. The number of fused-ring (bicyclic) bond motifs is 2. The van der Waals surface area contributed by atoms with Gasteiger partial charge in [0, 0.05) is 24.5 Å². The molecule has 12 nitrogen and oxygen atoms in total. The number of hydrazine groups is 1. The number of carbonyl (C=O) groups excluding carboxylic acids is 5. The molecule has 4 amide bonds. The average Bonchev–Trinajstić information content (AvgIpc) is 2.99. The Balaban J connectivity index is 1.57. The van der Waals surface area contributed by atoms with Crippen LogP contribution in [0.3, 0.4) is 0 Å². The summed E-state index contributed by atoms with van der Waals surface area (Å²) in [4.78, 5) is 78.9. The third kappa shape index (κ3) is 5.02. The molecule has 188 valence electrons. The number of carboxylic acids is 1. The third-order valence-corrected chi connectivity index (χ3v) is 6.25. The molecule has 2 saturated heterocycles. The SMILES string of the molecule is O=C[C@H](CC(=O)O)NC(=O)[C@@H]1CCCN2C(=O)CC[C@H](NC(=O)c3ccnc4ccccc34)C(=O)N12. The van der Waals surface area contributed by atoms with Crippen molar-refractivity contribution in [2.75, 3.05) is 6.54 Å². The molecule has 1 aromatic carbocycles. The highest BCUT2D eigenvalue weighted by Gasteiger charge is 2.45. The van der Waals surface area contributed by atoms with Gasteiger partial charge < -0.3 is 20.5 Å². The van der Waals surface area contributed by atoms with Crippen molar-refractivity contribution < 1.29 is 33.9 Å². The monoisotopic (exact) mass is 495 g/mol. The molecule has 4 rings (SSSR count). The van der Waals surface area contributed by atoms with Crippen LogP contribution in [0.4, 0.5) is 0 Å². The zero-order valence-electron chi connectivity index (χ0n) is 19.3. The minimum Gasteiger partial charge on any atom is -0.481 e. The number of aliphatic carboxylic acids is 1. The molecule has 2 aliphatic heterocycles. The smallest absolute Gasteiger partial charge is 0.305 e. The van der Waals surface area contributed by atoms with Gasteiger partial charge in [0.1, 0.15) is 18.4 Å². The van der Waals surface area contributed by atoms with Gasteiger partial charge in [-0.1, -0.05) is 18.2 Å². The summed E-state index contributed by atoms with van der Waals surface area (Å²) in [7, 11) is 0. The molecule has 36 heavy (non-hydrogen) atoms. The molecule has 2 aliphatic rings. The number of carboxylic acid groups (broad SMARTS) is 1. The van der Waals surface area contributed by atoms with Crippen LogP contribution in [0.5, 0.6) is 0 Å². The quantitative estimate of drug-likeness (QED) is 0.452. The number of nitrogens with zero attached hydrogens (tertiary/aromatic N) is 3. The Hall–Kier alpha value is -4.35. The van der Waals surface area contributed by atoms with E-state index >= 15 is 0 Å². The summed E-state index contributed by atoms with van der Waals surface area (Å²) in [6.07, 6.45) is 1.84. The molecule has 3 N–H and O–H groups in total. The van der Waals surface area contributed by atoms with Gasteiger partial charge in [-0.15, -0.1) is 0 Å². The van der Waals surface area contributed by atoms with E-state index in [1.165, 1.54) is 17.3 Å². The Kier molecular flexibility index (Phi) is 7.23. The molecule has 3 atom stereocenters. The van der Waals surface area contributed by atoms with Crippen molar-refractivity contribution >= 4 is 46.8 Å². The maximum absolute atomic E-state index is 13.6. The van der Waals surface area contributed by atoms with Crippen molar-refractivity contribution in [2.45, 2.75) is 50.2 Å². The fraction of sp³-hybridized carbons (Fsp3) is 0.375. The molecule has 0 bridgehead atoms. The van der Waals surface area contributed by atoms with Crippen LogP contribution in [0.15, 0.2) is 36.5 Å². The average molecular weight is 495 g/mol. The summed E-state index contributed by atoms with van der Waals surface area (Å²) in [5.74, 6) is -3.54. The minimum atomic E-state index is -1.28. The lowest BCUT2D eigenvalue weighted by Crippen LogP contribution is -2.64. The number of pyridine rings is 1. The predicted molar refractivity (Wildman–Crippen MR) is 124 cm³/mol. The van der Waals surface area contributed by atoms with Crippen molar-refractivity contribution in [3.63, 3.8) is 0 Å². The zero-order chi connectivity index (χ0) is 25.8. The Morgan fingerprint density at radius 2 is 1.94 bits per heavy atom. The van der Waals surface area contributed by atoms with Gasteiger partial charge in [-0.05, 0) is 31.4 Å². The van der Waals surface area contributed by atoms with E-state index in [4.69, 9.17) is 5.11 Å². The molecule has 2 fully saturated rings. The summed E-state index contributed by atoms with van der Waals surface area (Å²) in [5.41, 5.74) is 0.925. The Bertz CT molecular complexity index is 1230. The van der Waals surface area contributed by atoms with E-state index < -0.39 is 48.2 Å². The molecule has 12 heteroatoms. The lowest BCUT2D eigenvalue weighted by atomic mass is 10.0. The molecular formula is C24H25N5O7. The van der Waals surface area contributed by atoms with Gasteiger partial charge in [-0.25, -0.2) is 5.01 Å². The Labute approximate surface area is 205 Å².